The van der Waals surface area contributed by atoms with Crippen molar-refractivity contribution in [3.63, 3.8) is 0 Å². The molecule has 11 heavy (non-hydrogen) atoms. The first-order chi connectivity index (χ1) is 5.01. The number of alkyl halides is 2. The molecule has 0 aliphatic carbocycles. The molecule has 1 unspecified atom stereocenters. The number of halogens is 2. The molecule has 0 aromatic carbocycles. The summed E-state index contributed by atoms with van der Waals surface area (Å²) in [4.78, 5) is 10.2. The van der Waals surface area contributed by atoms with Crippen molar-refractivity contribution in [2.45, 2.75) is 19.0 Å². The smallest absolute Gasteiger partial charge is 0.355 e. The van der Waals surface area contributed by atoms with E-state index in [1.54, 1.807) is 0 Å². The van der Waals surface area contributed by atoms with Crippen LogP contribution in [0.15, 0.2) is 0 Å². The van der Waals surface area contributed by atoms with E-state index in [9.17, 15) is 13.6 Å². The first-order valence-electron chi connectivity index (χ1n) is 3.26. The van der Waals surface area contributed by atoms with Gasteiger partial charge in [-0.1, -0.05) is 0 Å². The molecule has 5 heteroatoms. The third-order valence-corrected chi connectivity index (χ3v) is 1.63. The van der Waals surface area contributed by atoms with Crippen LogP contribution >= 0.6 is 0 Å². The van der Waals surface area contributed by atoms with Gasteiger partial charge in [-0.2, -0.15) is 8.78 Å². The van der Waals surface area contributed by atoms with Crippen LogP contribution in [0.3, 0.4) is 0 Å². The molecule has 0 aromatic rings. The average Bonchev–Trinajstić information content (AvgIpc) is 1.86. The minimum atomic E-state index is -3.12. The molecule has 1 aliphatic heterocycles. The zero-order chi connectivity index (χ0) is 8.48. The van der Waals surface area contributed by atoms with Gasteiger partial charge in [-0.15, -0.1) is 0 Å². The van der Waals surface area contributed by atoms with Crippen molar-refractivity contribution >= 4 is 5.97 Å². The maximum absolute atomic E-state index is 12.2. The third-order valence-electron chi connectivity index (χ3n) is 1.63. The molecule has 0 bridgehead atoms. The van der Waals surface area contributed by atoms with E-state index in [0.717, 1.165) is 0 Å². The molecule has 1 heterocycles. The van der Waals surface area contributed by atoms with Gasteiger partial charge >= 0.3 is 12.1 Å². The van der Waals surface area contributed by atoms with E-state index >= 15 is 0 Å². The van der Waals surface area contributed by atoms with Crippen molar-refractivity contribution in [1.82, 2.24) is 0 Å². The summed E-state index contributed by atoms with van der Waals surface area (Å²) in [5.41, 5.74) is 0. The van der Waals surface area contributed by atoms with Crippen LogP contribution in [0, 0.1) is 5.92 Å². The second kappa shape index (κ2) is 2.73. The second-order valence-electron chi connectivity index (χ2n) is 2.52. The number of hydrogen-bond donors (Lipinski definition) is 1. The summed E-state index contributed by atoms with van der Waals surface area (Å²) in [6.45, 7) is -0.387. The van der Waals surface area contributed by atoms with Crippen molar-refractivity contribution in [2.24, 2.45) is 5.92 Å². The number of carbonyl (C=O) groups is 1. The monoisotopic (exact) mass is 166 g/mol. The number of hydrogen-bond acceptors (Lipinski definition) is 2. The molecular weight excluding hydrogens is 158 g/mol. The van der Waals surface area contributed by atoms with Gasteiger partial charge in [-0.25, -0.2) is 0 Å². The van der Waals surface area contributed by atoms with Crippen molar-refractivity contribution in [3.8, 4) is 0 Å². The molecule has 1 saturated heterocycles. The fourth-order valence-corrected chi connectivity index (χ4v) is 0.915. The van der Waals surface area contributed by atoms with Gasteiger partial charge < -0.3 is 9.84 Å². The predicted octanol–water partition coefficient (Wildman–Crippen LogP) is 1.09. The summed E-state index contributed by atoms with van der Waals surface area (Å²) in [7, 11) is 0. The summed E-state index contributed by atoms with van der Waals surface area (Å²) in [6.07, 6.45) is -3.63. The fourth-order valence-electron chi connectivity index (χ4n) is 0.915. The predicted molar refractivity (Wildman–Crippen MR) is 31.3 cm³/mol. The van der Waals surface area contributed by atoms with Crippen LogP contribution in [0.5, 0.6) is 0 Å². The number of carboxylic acid groups (broad SMARTS) is 1. The number of aliphatic carboxylic acids is 1. The lowest BCUT2D eigenvalue weighted by atomic mass is 10.0. The van der Waals surface area contributed by atoms with Crippen LogP contribution in [-0.2, 0) is 9.53 Å². The van der Waals surface area contributed by atoms with E-state index in [0.29, 0.717) is 0 Å². The second-order valence-corrected chi connectivity index (χ2v) is 2.52. The van der Waals surface area contributed by atoms with E-state index in [-0.39, 0.29) is 13.0 Å². The van der Waals surface area contributed by atoms with E-state index in [4.69, 9.17) is 5.11 Å². The molecule has 0 saturated carbocycles. The summed E-state index contributed by atoms with van der Waals surface area (Å²) < 4.78 is 28.5. The fraction of sp³-hybridized carbons (Fsp3) is 0.833. The Morgan fingerprint density at radius 3 is 2.64 bits per heavy atom. The molecule has 1 atom stereocenters. The van der Waals surface area contributed by atoms with Crippen LogP contribution in [0.4, 0.5) is 8.78 Å². The van der Waals surface area contributed by atoms with Crippen LogP contribution < -0.4 is 0 Å². The van der Waals surface area contributed by atoms with E-state index in [2.05, 4.69) is 4.74 Å². The minimum absolute atomic E-state index is 0.0116. The third kappa shape index (κ3) is 2.11. The van der Waals surface area contributed by atoms with Gasteiger partial charge in [0.1, 0.15) is 0 Å². The van der Waals surface area contributed by atoms with Gasteiger partial charge in [-0.05, 0) is 6.42 Å². The largest absolute Gasteiger partial charge is 0.481 e. The number of ether oxygens (including phenoxy) is 1. The quantitative estimate of drug-likeness (QED) is 0.634. The molecule has 1 N–H and O–H groups in total. The topological polar surface area (TPSA) is 46.5 Å². The molecular formula is C6H8F2O3. The SMILES string of the molecule is O=C(O)C1CCC(F)(F)OC1. The van der Waals surface area contributed by atoms with E-state index in [1.807, 2.05) is 0 Å². The molecule has 1 aliphatic rings. The molecule has 3 nitrogen and oxygen atoms in total. The maximum Gasteiger partial charge on any atom is 0.355 e. The zero-order valence-electron chi connectivity index (χ0n) is 5.72. The Kier molecular flexibility index (Phi) is 2.08. The lowest BCUT2D eigenvalue weighted by Crippen LogP contribution is -2.34. The molecule has 0 spiro atoms. The van der Waals surface area contributed by atoms with Crippen LogP contribution in [0.2, 0.25) is 0 Å². The number of carboxylic acids is 1. The van der Waals surface area contributed by atoms with Gasteiger partial charge in [0.05, 0.1) is 12.5 Å². The lowest BCUT2D eigenvalue weighted by molar-refractivity contribution is -0.267. The lowest BCUT2D eigenvalue weighted by Gasteiger charge is -2.25. The van der Waals surface area contributed by atoms with Crippen molar-refractivity contribution in [2.75, 3.05) is 6.61 Å². The zero-order valence-corrected chi connectivity index (χ0v) is 5.72. The molecule has 64 valence electrons. The first-order valence-corrected chi connectivity index (χ1v) is 3.26. The highest BCUT2D eigenvalue weighted by Crippen LogP contribution is 2.30. The normalized spacial score (nSPS) is 29.8. The van der Waals surface area contributed by atoms with Gasteiger partial charge in [0.25, 0.3) is 0 Å². The van der Waals surface area contributed by atoms with Crippen molar-refractivity contribution in [1.29, 1.82) is 0 Å². The molecule has 1 rings (SSSR count). The van der Waals surface area contributed by atoms with Gasteiger partial charge in [0.2, 0.25) is 0 Å². The van der Waals surface area contributed by atoms with E-state index in [1.165, 1.54) is 0 Å². The average molecular weight is 166 g/mol. The van der Waals surface area contributed by atoms with Crippen molar-refractivity contribution < 1.29 is 23.4 Å². The van der Waals surface area contributed by atoms with Gasteiger partial charge in [0.15, 0.2) is 0 Å². The molecule has 0 aromatic heterocycles. The highest BCUT2D eigenvalue weighted by Gasteiger charge is 2.38. The minimum Gasteiger partial charge on any atom is -0.481 e. The van der Waals surface area contributed by atoms with Crippen LogP contribution in [0.1, 0.15) is 12.8 Å². The maximum atomic E-state index is 12.2. The van der Waals surface area contributed by atoms with Crippen LogP contribution in [0.25, 0.3) is 0 Å². The first kappa shape index (κ1) is 8.39. The standard InChI is InChI=1S/C6H8F2O3/c7-6(8)2-1-4(3-11-6)5(9)10/h4H,1-3H2,(H,9,10). The highest BCUT2D eigenvalue weighted by atomic mass is 19.3. The van der Waals surface area contributed by atoms with Gasteiger partial charge in [0, 0.05) is 6.42 Å². The Bertz CT molecular complexity index is 159. The summed E-state index contributed by atoms with van der Waals surface area (Å²) in [6, 6.07) is 0. The van der Waals surface area contributed by atoms with Crippen LogP contribution in [-0.4, -0.2) is 23.8 Å². The Hall–Kier alpha value is -0.710. The molecule has 1 fully saturated rings. The van der Waals surface area contributed by atoms with Gasteiger partial charge in [-0.3, -0.25) is 4.79 Å². The Morgan fingerprint density at radius 1 is 1.64 bits per heavy atom. The summed E-state index contributed by atoms with van der Waals surface area (Å²) >= 11 is 0. The van der Waals surface area contributed by atoms with E-state index < -0.39 is 24.4 Å². The molecule has 0 radical (unpaired) electrons. The Balaban J connectivity index is 2.42. The highest BCUT2D eigenvalue weighted by molar-refractivity contribution is 5.70. The number of rotatable bonds is 1. The van der Waals surface area contributed by atoms with Crippen molar-refractivity contribution in [3.05, 3.63) is 0 Å². The molecule has 0 amide bonds. The Morgan fingerprint density at radius 2 is 2.27 bits per heavy atom. The Labute approximate surface area is 62.0 Å². The summed E-state index contributed by atoms with van der Waals surface area (Å²) in [5.74, 6) is -1.84. The summed E-state index contributed by atoms with van der Waals surface area (Å²) in [5, 5.41) is 8.38.